The van der Waals surface area contributed by atoms with E-state index in [1.165, 1.54) is 12.1 Å². The molecule has 2 aromatic rings. The maximum absolute atomic E-state index is 12.7. The van der Waals surface area contributed by atoms with Gasteiger partial charge in [-0.3, -0.25) is 0 Å². The van der Waals surface area contributed by atoms with Crippen LogP contribution in [0.15, 0.2) is 53.4 Å². The van der Waals surface area contributed by atoms with Crippen molar-refractivity contribution in [3.8, 4) is 11.8 Å². The van der Waals surface area contributed by atoms with Crippen LogP contribution in [0.1, 0.15) is 31.0 Å². The zero-order valence-electron chi connectivity index (χ0n) is 13.9. The molecule has 0 spiro atoms. The van der Waals surface area contributed by atoms with Crippen LogP contribution in [-0.4, -0.2) is 15.5 Å². The van der Waals surface area contributed by atoms with E-state index in [9.17, 15) is 8.42 Å². The van der Waals surface area contributed by atoms with Crippen LogP contribution < -0.4 is 9.46 Å². The lowest BCUT2D eigenvalue weighted by Crippen LogP contribution is -2.31. The zero-order chi connectivity index (χ0) is 17.7. The van der Waals surface area contributed by atoms with Crippen molar-refractivity contribution in [1.82, 2.24) is 4.72 Å². The Labute approximate surface area is 142 Å². The van der Waals surface area contributed by atoms with Gasteiger partial charge in [-0.15, -0.1) is 0 Å². The summed E-state index contributed by atoms with van der Waals surface area (Å²) in [7, 11) is -2.15. The maximum atomic E-state index is 12.7. The van der Waals surface area contributed by atoms with E-state index in [2.05, 4.69) is 4.72 Å². The molecule has 0 saturated carbocycles. The zero-order valence-corrected chi connectivity index (χ0v) is 14.7. The van der Waals surface area contributed by atoms with Crippen molar-refractivity contribution in [2.45, 2.75) is 24.8 Å². The quantitative estimate of drug-likeness (QED) is 0.872. The first-order chi connectivity index (χ1) is 11.4. The molecular weight excluding hydrogens is 324 g/mol. The first-order valence-electron chi connectivity index (χ1n) is 7.54. The number of nitriles is 1. The molecule has 0 saturated heterocycles. The fourth-order valence-electron chi connectivity index (χ4n) is 2.37. The SMILES string of the molecule is COc1ccc([C@H](NS(=O)(=O)c2cccc(C#N)c2)C(C)C)cc1. The second kappa shape index (κ2) is 7.47. The lowest BCUT2D eigenvalue weighted by molar-refractivity contribution is 0.413. The van der Waals surface area contributed by atoms with Crippen LogP contribution in [0, 0.1) is 17.2 Å². The number of hydrogen-bond donors (Lipinski definition) is 1. The van der Waals surface area contributed by atoms with Crippen molar-refractivity contribution in [1.29, 1.82) is 5.26 Å². The Morgan fingerprint density at radius 1 is 1.12 bits per heavy atom. The van der Waals surface area contributed by atoms with Crippen LogP contribution >= 0.6 is 0 Å². The number of benzene rings is 2. The van der Waals surface area contributed by atoms with E-state index < -0.39 is 10.0 Å². The summed E-state index contributed by atoms with van der Waals surface area (Å²) < 4.78 is 33.2. The molecule has 0 bridgehead atoms. The van der Waals surface area contributed by atoms with E-state index in [1.54, 1.807) is 31.4 Å². The van der Waals surface area contributed by atoms with Crippen molar-refractivity contribution in [3.63, 3.8) is 0 Å². The minimum absolute atomic E-state index is 0.0484. The molecule has 0 radical (unpaired) electrons. The fourth-order valence-corrected chi connectivity index (χ4v) is 3.79. The van der Waals surface area contributed by atoms with Crippen molar-refractivity contribution >= 4 is 10.0 Å². The average molecular weight is 344 g/mol. The molecule has 5 nitrogen and oxygen atoms in total. The molecule has 2 rings (SSSR count). The normalized spacial score (nSPS) is 12.6. The summed E-state index contributed by atoms with van der Waals surface area (Å²) in [4.78, 5) is 0.0840. The van der Waals surface area contributed by atoms with Gasteiger partial charge in [-0.1, -0.05) is 32.0 Å². The molecule has 126 valence electrons. The van der Waals surface area contributed by atoms with Crippen molar-refractivity contribution in [2.24, 2.45) is 5.92 Å². The van der Waals surface area contributed by atoms with Crippen LogP contribution in [0.2, 0.25) is 0 Å². The molecule has 0 unspecified atom stereocenters. The van der Waals surface area contributed by atoms with Crippen LogP contribution in [0.4, 0.5) is 0 Å². The van der Waals surface area contributed by atoms with E-state index in [4.69, 9.17) is 10.00 Å². The largest absolute Gasteiger partial charge is 0.497 e. The summed E-state index contributed by atoms with van der Waals surface area (Å²) in [5.41, 5.74) is 1.16. The van der Waals surface area contributed by atoms with Gasteiger partial charge in [0.2, 0.25) is 10.0 Å². The van der Waals surface area contributed by atoms with Gasteiger partial charge in [0.25, 0.3) is 0 Å². The molecule has 2 aromatic carbocycles. The highest BCUT2D eigenvalue weighted by atomic mass is 32.2. The summed E-state index contributed by atoms with van der Waals surface area (Å²) in [6.07, 6.45) is 0. The highest BCUT2D eigenvalue weighted by Crippen LogP contribution is 2.26. The Morgan fingerprint density at radius 3 is 2.33 bits per heavy atom. The fraction of sp³-hybridized carbons (Fsp3) is 0.278. The van der Waals surface area contributed by atoms with Gasteiger partial charge in [-0.25, -0.2) is 13.1 Å². The number of nitrogens with one attached hydrogen (secondary N) is 1. The highest BCUT2D eigenvalue weighted by molar-refractivity contribution is 7.89. The number of nitrogens with zero attached hydrogens (tertiary/aromatic N) is 1. The van der Waals surface area contributed by atoms with E-state index >= 15 is 0 Å². The molecule has 0 heterocycles. The summed E-state index contributed by atoms with van der Waals surface area (Å²) >= 11 is 0. The molecule has 1 atom stereocenters. The lowest BCUT2D eigenvalue weighted by Gasteiger charge is -2.23. The van der Waals surface area contributed by atoms with Crippen molar-refractivity contribution in [2.75, 3.05) is 7.11 Å². The van der Waals surface area contributed by atoms with E-state index in [-0.39, 0.29) is 16.9 Å². The molecule has 0 aliphatic rings. The van der Waals surface area contributed by atoms with Gasteiger partial charge < -0.3 is 4.74 Å². The van der Waals surface area contributed by atoms with Crippen LogP contribution in [0.25, 0.3) is 0 Å². The second-order valence-corrected chi connectivity index (χ2v) is 7.47. The molecule has 6 heteroatoms. The number of rotatable bonds is 6. The predicted molar refractivity (Wildman–Crippen MR) is 92.1 cm³/mol. The number of sulfonamides is 1. The van der Waals surface area contributed by atoms with E-state index in [0.717, 1.165) is 5.56 Å². The monoisotopic (exact) mass is 344 g/mol. The van der Waals surface area contributed by atoms with Gasteiger partial charge in [0.05, 0.1) is 23.6 Å². The van der Waals surface area contributed by atoms with Crippen molar-refractivity contribution in [3.05, 3.63) is 59.7 Å². The Morgan fingerprint density at radius 2 is 1.79 bits per heavy atom. The second-order valence-electron chi connectivity index (χ2n) is 5.76. The molecule has 1 N–H and O–H groups in total. The Kier molecular flexibility index (Phi) is 5.60. The van der Waals surface area contributed by atoms with E-state index in [0.29, 0.717) is 11.3 Å². The number of methoxy groups -OCH3 is 1. The minimum atomic E-state index is -3.73. The first kappa shape index (κ1) is 18.0. The van der Waals surface area contributed by atoms with Gasteiger partial charge in [-0.05, 0) is 41.8 Å². The Bertz CT molecular complexity index is 837. The Hall–Kier alpha value is -2.36. The van der Waals surface area contributed by atoms with Crippen molar-refractivity contribution < 1.29 is 13.2 Å². The van der Waals surface area contributed by atoms with Crippen LogP contribution in [0.3, 0.4) is 0 Å². The molecule has 0 aliphatic carbocycles. The molecule has 0 aliphatic heterocycles. The molecule has 0 amide bonds. The molecule has 24 heavy (non-hydrogen) atoms. The lowest BCUT2D eigenvalue weighted by atomic mass is 9.97. The van der Waals surface area contributed by atoms with Gasteiger partial charge in [-0.2, -0.15) is 5.26 Å². The third-order valence-electron chi connectivity index (χ3n) is 3.70. The summed E-state index contributed by atoms with van der Waals surface area (Å²) in [6, 6.07) is 14.8. The highest BCUT2D eigenvalue weighted by Gasteiger charge is 2.24. The third kappa shape index (κ3) is 4.13. The summed E-state index contributed by atoms with van der Waals surface area (Å²) in [5, 5.41) is 8.95. The number of ether oxygens (including phenoxy) is 1. The van der Waals surface area contributed by atoms with Gasteiger partial charge in [0.1, 0.15) is 5.75 Å². The van der Waals surface area contributed by atoms with Gasteiger partial charge >= 0.3 is 0 Å². The van der Waals surface area contributed by atoms with E-state index in [1.807, 2.05) is 32.0 Å². The predicted octanol–water partition coefficient (Wildman–Crippen LogP) is 3.24. The minimum Gasteiger partial charge on any atom is -0.497 e. The summed E-state index contributed by atoms with van der Waals surface area (Å²) in [6.45, 7) is 3.90. The maximum Gasteiger partial charge on any atom is 0.241 e. The average Bonchev–Trinajstić information content (AvgIpc) is 2.59. The van der Waals surface area contributed by atoms with Crippen LogP contribution in [-0.2, 0) is 10.0 Å². The topological polar surface area (TPSA) is 79.2 Å². The first-order valence-corrected chi connectivity index (χ1v) is 9.02. The molecule has 0 fully saturated rings. The number of hydrogen-bond acceptors (Lipinski definition) is 4. The van der Waals surface area contributed by atoms with Gasteiger partial charge in [0.15, 0.2) is 0 Å². The summed E-state index contributed by atoms with van der Waals surface area (Å²) in [5.74, 6) is 0.762. The Balaban J connectivity index is 2.33. The van der Waals surface area contributed by atoms with Crippen LogP contribution in [0.5, 0.6) is 5.75 Å². The standard InChI is InChI=1S/C18H20N2O3S/c1-13(2)18(15-7-9-16(23-3)10-8-15)20-24(21,22)17-6-4-5-14(11-17)12-19/h4-11,13,18,20H,1-3H3/t18-/m1/s1. The molecule has 0 aromatic heterocycles. The smallest absolute Gasteiger partial charge is 0.241 e. The third-order valence-corrected chi connectivity index (χ3v) is 5.14. The van der Waals surface area contributed by atoms with Gasteiger partial charge in [0, 0.05) is 6.04 Å². The molecular formula is C18H20N2O3S.